The van der Waals surface area contributed by atoms with Crippen LogP contribution in [0.3, 0.4) is 0 Å². The van der Waals surface area contributed by atoms with Crippen molar-refractivity contribution in [3.8, 4) is 11.4 Å². The molecular formula is C20H24N4O2. The van der Waals surface area contributed by atoms with Crippen LogP contribution in [0.4, 0.5) is 5.69 Å². The van der Waals surface area contributed by atoms with Gasteiger partial charge in [-0.25, -0.2) is 0 Å². The molecular weight excluding hydrogens is 328 g/mol. The third-order valence-electron chi connectivity index (χ3n) is 6.49. The van der Waals surface area contributed by atoms with Gasteiger partial charge in [0.05, 0.1) is 0 Å². The quantitative estimate of drug-likeness (QED) is 0.914. The van der Waals surface area contributed by atoms with Crippen molar-refractivity contribution in [3.63, 3.8) is 0 Å². The number of carbonyl (C=O) groups is 1. The Labute approximate surface area is 152 Å². The number of rotatable bonds is 4. The van der Waals surface area contributed by atoms with Gasteiger partial charge in [-0.2, -0.15) is 4.98 Å². The van der Waals surface area contributed by atoms with Gasteiger partial charge >= 0.3 is 0 Å². The van der Waals surface area contributed by atoms with Gasteiger partial charge in [0.25, 0.3) is 0 Å². The van der Waals surface area contributed by atoms with E-state index in [1.54, 1.807) is 0 Å². The lowest BCUT2D eigenvalue weighted by Gasteiger charge is -2.32. The normalized spacial score (nSPS) is 22.4. The van der Waals surface area contributed by atoms with Crippen molar-refractivity contribution < 1.29 is 9.32 Å². The summed E-state index contributed by atoms with van der Waals surface area (Å²) in [5, 5.41) is 4.18. The molecule has 0 radical (unpaired) electrons. The van der Waals surface area contributed by atoms with Crippen LogP contribution in [0, 0.1) is 11.3 Å². The number of aromatic nitrogens is 2. The second-order valence-electron chi connectivity index (χ2n) is 8.27. The molecule has 136 valence electrons. The molecule has 1 aromatic heterocycles. The van der Waals surface area contributed by atoms with Crippen molar-refractivity contribution in [1.29, 1.82) is 0 Å². The summed E-state index contributed by atoms with van der Waals surface area (Å²) in [6.07, 6.45) is 6.84. The molecule has 2 heterocycles. The van der Waals surface area contributed by atoms with Crippen LogP contribution in [0.1, 0.15) is 50.3 Å². The monoisotopic (exact) mass is 352 g/mol. The average molecular weight is 352 g/mol. The molecule has 0 unspecified atom stereocenters. The molecule has 1 saturated heterocycles. The SMILES string of the molecule is NC(=O)C1CCN(c2ccc(-c3noc(C4CC5(CC5)C4)n3)cc2)CC1. The Morgan fingerprint density at radius 1 is 1.15 bits per heavy atom. The molecule has 0 bridgehead atoms. The number of anilines is 1. The zero-order valence-electron chi connectivity index (χ0n) is 14.9. The molecule has 6 nitrogen and oxygen atoms in total. The van der Waals surface area contributed by atoms with Gasteiger partial charge in [-0.05, 0) is 68.2 Å². The maximum atomic E-state index is 11.3. The highest BCUT2D eigenvalue weighted by Gasteiger charge is 2.54. The Morgan fingerprint density at radius 3 is 2.46 bits per heavy atom. The van der Waals surface area contributed by atoms with E-state index in [-0.39, 0.29) is 11.8 Å². The van der Waals surface area contributed by atoms with Gasteiger partial charge in [0.15, 0.2) is 0 Å². The second kappa shape index (κ2) is 5.83. The number of benzene rings is 1. The summed E-state index contributed by atoms with van der Waals surface area (Å²) in [5.74, 6) is 1.78. The van der Waals surface area contributed by atoms with Crippen molar-refractivity contribution in [2.45, 2.75) is 44.4 Å². The van der Waals surface area contributed by atoms with Crippen LogP contribution in [-0.4, -0.2) is 29.1 Å². The first kappa shape index (κ1) is 15.9. The van der Waals surface area contributed by atoms with E-state index in [0.29, 0.717) is 17.2 Å². The molecule has 1 amide bonds. The molecule has 5 rings (SSSR count). The number of nitrogens with two attached hydrogens (primary N) is 1. The molecule has 26 heavy (non-hydrogen) atoms. The lowest BCUT2D eigenvalue weighted by Crippen LogP contribution is -2.38. The van der Waals surface area contributed by atoms with E-state index in [1.165, 1.54) is 25.7 Å². The number of carbonyl (C=O) groups excluding carboxylic acids is 1. The molecule has 2 saturated carbocycles. The standard InChI is InChI=1S/C20H24N4O2/c21-17(25)13-5-9-24(10-6-13)16-3-1-14(2-4-16)18-22-19(26-23-18)15-11-20(12-15)7-8-20/h1-4,13,15H,5-12H2,(H2,21,25). The summed E-state index contributed by atoms with van der Waals surface area (Å²) in [4.78, 5) is 18.2. The van der Waals surface area contributed by atoms with Gasteiger partial charge in [0.1, 0.15) is 0 Å². The summed E-state index contributed by atoms with van der Waals surface area (Å²) < 4.78 is 5.51. The molecule has 3 fully saturated rings. The van der Waals surface area contributed by atoms with Crippen molar-refractivity contribution >= 4 is 11.6 Å². The van der Waals surface area contributed by atoms with E-state index in [9.17, 15) is 4.79 Å². The molecule has 6 heteroatoms. The van der Waals surface area contributed by atoms with Crippen LogP contribution in [0.2, 0.25) is 0 Å². The smallest absolute Gasteiger partial charge is 0.230 e. The van der Waals surface area contributed by atoms with Crippen LogP contribution in [-0.2, 0) is 4.79 Å². The van der Waals surface area contributed by atoms with Gasteiger partial charge in [-0.3, -0.25) is 4.79 Å². The highest BCUT2D eigenvalue weighted by molar-refractivity contribution is 5.77. The first-order chi connectivity index (χ1) is 12.6. The highest BCUT2D eigenvalue weighted by atomic mass is 16.5. The van der Waals surface area contributed by atoms with Crippen molar-refractivity contribution in [1.82, 2.24) is 10.1 Å². The van der Waals surface area contributed by atoms with Crippen LogP contribution < -0.4 is 10.6 Å². The molecule has 1 aromatic carbocycles. The van der Waals surface area contributed by atoms with Gasteiger partial charge < -0.3 is 15.2 Å². The zero-order chi connectivity index (χ0) is 17.7. The van der Waals surface area contributed by atoms with E-state index >= 15 is 0 Å². The predicted molar refractivity (Wildman–Crippen MR) is 97.5 cm³/mol. The summed E-state index contributed by atoms with van der Waals surface area (Å²) in [6, 6.07) is 8.29. The maximum absolute atomic E-state index is 11.3. The number of hydrogen-bond donors (Lipinski definition) is 1. The van der Waals surface area contributed by atoms with E-state index in [2.05, 4.69) is 27.2 Å². The Kier molecular flexibility index (Phi) is 3.55. The highest BCUT2D eigenvalue weighted by Crippen LogP contribution is 2.65. The summed E-state index contributed by atoms with van der Waals surface area (Å²) in [6.45, 7) is 1.73. The fourth-order valence-corrected chi connectivity index (χ4v) is 4.51. The number of piperidine rings is 1. The zero-order valence-corrected chi connectivity index (χ0v) is 14.9. The topological polar surface area (TPSA) is 85.3 Å². The fraction of sp³-hybridized carbons (Fsp3) is 0.550. The molecule has 1 aliphatic heterocycles. The summed E-state index contributed by atoms with van der Waals surface area (Å²) in [7, 11) is 0. The van der Waals surface area contributed by atoms with Gasteiger partial charge in [-0.15, -0.1) is 0 Å². The molecule has 2 aromatic rings. The van der Waals surface area contributed by atoms with Crippen molar-refractivity contribution in [2.75, 3.05) is 18.0 Å². The molecule has 3 aliphatic rings. The Hall–Kier alpha value is -2.37. The number of hydrogen-bond acceptors (Lipinski definition) is 5. The molecule has 2 aliphatic carbocycles. The predicted octanol–water partition coefficient (Wildman–Crippen LogP) is 3.10. The van der Waals surface area contributed by atoms with Crippen molar-refractivity contribution in [3.05, 3.63) is 30.2 Å². The Bertz CT molecular complexity index is 809. The van der Waals surface area contributed by atoms with Gasteiger partial charge in [0.2, 0.25) is 17.6 Å². The minimum absolute atomic E-state index is 0.0181. The first-order valence-corrected chi connectivity index (χ1v) is 9.60. The number of primary amides is 1. The van der Waals surface area contributed by atoms with Gasteiger partial charge in [-0.1, -0.05) is 5.16 Å². The minimum atomic E-state index is -0.174. The maximum Gasteiger partial charge on any atom is 0.230 e. The van der Waals surface area contributed by atoms with Crippen LogP contribution in [0.5, 0.6) is 0 Å². The van der Waals surface area contributed by atoms with E-state index in [4.69, 9.17) is 10.3 Å². The summed E-state index contributed by atoms with van der Waals surface area (Å²) >= 11 is 0. The number of amides is 1. The van der Waals surface area contributed by atoms with E-state index < -0.39 is 0 Å². The largest absolute Gasteiger partial charge is 0.371 e. The molecule has 0 atom stereocenters. The minimum Gasteiger partial charge on any atom is -0.371 e. The van der Waals surface area contributed by atoms with E-state index in [0.717, 1.165) is 43.1 Å². The Balaban J connectivity index is 1.24. The Morgan fingerprint density at radius 2 is 1.85 bits per heavy atom. The van der Waals surface area contributed by atoms with E-state index in [1.807, 2.05) is 12.1 Å². The van der Waals surface area contributed by atoms with Crippen LogP contribution in [0.25, 0.3) is 11.4 Å². The van der Waals surface area contributed by atoms with Gasteiger partial charge in [0, 0.05) is 36.2 Å². The second-order valence-corrected chi connectivity index (χ2v) is 8.27. The lowest BCUT2D eigenvalue weighted by atomic mass is 9.72. The average Bonchev–Trinajstić information content (AvgIpc) is 3.31. The first-order valence-electron chi connectivity index (χ1n) is 9.60. The van der Waals surface area contributed by atoms with Crippen LogP contribution in [0.15, 0.2) is 28.8 Å². The molecule has 2 N–H and O–H groups in total. The van der Waals surface area contributed by atoms with Crippen molar-refractivity contribution in [2.24, 2.45) is 17.1 Å². The van der Waals surface area contributed by atoms with Crippen LogP contribution >= 0.6 is 0 Å². The lowest BCUT2D eigenvalue weighted by molar-refractivity contribution is -0.122. The summed E-state index contributed by atoms with van der Waals surface area (Å²) in [5.41, 5.74) is 8.20. The third-order valence-corrected chi connectivity index (χ3v) is 6.49. The fourth-order valence-electron chi connectivity index (χ4n) is 4.51. The molecule has 1 spiro atoms. The number of nitrogens with zero attached hydrogens (tertiary/aromatic N) is 3. The third kappa shape index (κ3) is 2.77.